The Morgan fingerprint density at radius 1 is 1.28 bits per heavy atom. The lowest BCUT2D eigenvalue weighted by molar-refractivity contribution is -0.117. The lowest BCUT2D eigenvalue weighted by Crippen LogP contribution is -2.36. The zero-order chi connectivity index (χ0) is 12.8. The van der Waals surface area contributed by atoms with Crippen molar-refractivity contribution >= 4 is 12.0 Å². The summed E-state index contributed by atoms with van der Waals surface area (Å²) in [5.41, 5.74) is 0.998. The number of pyridine rings is 1. The van der Waals surface area contributed by atoms with Crippen LogP contribution in [0.5, 0.6) is 0 Å². The van der Waals surface area contributed by atoms with E-state index in [2.05, 4.69) is 17.2 Å². The van der Waals surface area contributed by atoms with Gasteiger partial charge in [-0.25, -0.2) is 0 Å². The Balaban J connectivity index is 1.80. The highest BCUT2D eigenvalue weighted by Gasteiger charge is 2.18. The lowest BCUT2D eigenvalue weighted by Gasteiger charge is -2.26. The van der Waals surface area contributed by atoms with E-state index in [1.54, 1.807) is 18.5 Å². The number of hydrogen-bond acceptors (Lipinski definition) is 2. The number of aromatic nitrogens is 1. The second-order valence-electron chi connectivity index (χ2n) is 5.08. The van der Waals surface area contributed by atoms with Crippen LogP contribution in [-0.4, -0.2) is 16.9 Å². The number of rotatable bonds is 3. The molecule has 1 aliphatic rings. The molecular formula is C15H20N2O. The molecule has 0 aliphatic heterocycles. The van der Waals surface area contributed by atoms with Crippen molar-refractivity contribution in [1.82, 2.24) is 10.3 Å². The number of amides is 1. The fourth-order valence-electron chi connectivity index (χ4n) is 2.30. The van der Waals surface area contributed by atoms with Gasteiger partial charge in [0, 0.05) is 24.5 Å². The van der Waals surface area contributed by atoms with Crippen LogP contribution in [0.25, 0.3) is 6.08 Å². The molecule has 1 aliphatic carbocycles. The maximum atomic E-state index is 11.8. The predicted molar refractivity (Wildman–Crippen MR) is 72.8 cm³/mol. The van der Waals surface area contributed by atoms with Gasteiger partial charge < -0.3 is 5.32 Å². The summed E-state index contributed by atoms with van der Waals surface area (Å²) in [5.74, 6) is 0.817. The molecule has 18 heavy (non-hydrogen) atoms. The summed E-state index contributed by atoms with van der Waals surface area (Å²) in [6.07, 6.45) is 11.5. The quantitative estimate of drug-likeness (QED) is 0.831. The molecular weight excluding hydrogens is 224 g/mol. The van der Waals surface area contributed by atoms with Crippen molar-refractivity contribution in [3.63, 3.8) is 0 Å². The van der Waals surface area contributed by atoms with Crippen molar-refractivity contribution in [2.24, 2.45) is 5.92 Å². The van der Waals surface area contributed by atoms with Crippen molar-refractivity contribution in [3.05, 3.63) is 36.2 Å². The van der Waals surface area contributed by atoms with E-state index in [0.717, 1.165) is 24.3 Å². The number of nitrogens with one attached hydrogen (secondary N) is 1. The van der Waals surface area contributed by atoms with Gasteiger partial charge in [-0.2, -0.15) is 0 Å². The molecule has 3 nitrogen and oxygen atoms in total. The average molecular weight is 244 g/mol. The zero-order valence-electron chi connectivity index (χ0n) is 10.8. The monoisotopic (exact) mass is 244 g/mol. The first-order chi connectivity index (χ1) is 8.74. The van der Waals surface area contributed by atoms with Gasteiger partial charge in [-0.1, -0.05) is 6.92 Å². The number of nitrogens with zero attached hydrogens (tertiary/aromatic N) is 1. The summed E-state index contributed by atoms with van der Waals surface area (Å²) >= 11 is 0. The molecule has 1 aromatic rings. The molecule has 1 N–H and O–H groups in total. The van der Waals surface area contributed by atoms with Crippen LogP contribution in [0.15, 0.2) is 30.6 Å². The Morgan fingerprint density at radius 3 is 2.61 bits per heavy atom. The van der Waals surface area contributed by atoms with Gasteiger partial charge >= 0.3 is 0 Å². The van der Waals surface area contributed by atoms with Crippen LogP contribution < -0.4 is 5.32 Å². The highest BCUT2D eigenvalue weighted by atomic mass is 16.1. The van der Waals surface area contributed by atoms with Gasteiger partial charge in [0.05, 0.1) is 0 Å². The Kier molecular flexibility index (Phi) is 4.51. The summed E-state index contributed by atoms with van der Waals surface area (Å²) < 4.78 is 0. The molecule has 0 radical (unpaired) electrons. The highest BCUT2D eigenvalue weighted by Crippen LogP contribution is 2.23. The molecule has 3 heteroatoms. The average Bonchev–Trinajstić information content (AvgIpc) is 2.40. The second kappa shape index (κ2) is 6.34. The Morgan fingerprint density at radius 2 is 1.94 bits per heavy atom. The third kappa shape index (κ3) is 3.99. The van der Waals surface area contributed by atoms with E-state index in [9.17, 15) is 4.79 Å². The van der Waals surface area contributed by atoms with E-state index in [-0.39, 0.29) is 5.91 Å². The number of carbonyl (C=O) groups excluding carboxylic acids is 1. The standard InChI is InChI=1S/C15H20N2O/c1-12-2-5-14(6-3-12)17-15(18)7-4-13-8-10-16-11-9-13/h4,7-12,14H,2-3,5-6H2,1H3,(H,17,18)/b7-4+. The molecule has 0 spiro atoms. The number of carbonyl (C=O) groups is 1. The van der Waals surface area contributed by atoms with Crippen molar-refractivity contribution in [2.45, 2.75) is 38.6 Å². The minimum absolute atomic E-state index is 0.00589. The van der Waals surface area contributed by atoms with E-state index >= 15 is 0 Å². The molecule has 1 fully saturated rings. The van der Waals surface area contributed by atoms with Crippen LogP contribution >= 0.6 is 0 Å². The molecule has 1 aromatic heterocycles. The van der Waals surface area contributed by atoms with Crippen LogP contribution in [0.3, 0.4) is 0 Å². The molecule has 0 aromatic carbocycles. The van der Waals surface area contributed by atoms with Gasteiger partial charge in [0.1, 0.15) is 0 Å². The summed E-state index contributed by atoms with van der Waals surface area (Å²) in [4.78, 5) is 15.7. The fourth-order valence-corrected chi connectivity index (χ4v) is 2.30. The highest BCUT2D eigenvalue weighted by molar-refractivity contribution is 5.91. The van der Waals surface area contributed by atoms with Crippen LogP contribution in [0.1, 0.15) is 38.2 Å². The van der Waals surface area contributed by atoms with Gasteiger partial charge in [-0.05, 0) is 55.4 Å². The number of hydrogen-bond donors (Lipinski definition) is 1. The van der Waals surface area contributed by atoms with Crippen LogP contribution in [0, 0.1) is 5.92 Å². The van der Waals surface area contributed by atoms with Gasteiger partial charge in [-0.15, -0.1) is 0 Å². The van der Waals surface area contributed by atoms with Crippen molar-refractivity contribution in [2.75, 3.05) is 0 Å². The van der Waals surface area contributed by atoms with Crippen LogP contribution in [0.4, 0.5) is 0 Å². The maximum Gasteiger partial charge on any atom is 0.244 e. The molecule has 0 saturated heterocycles. The van der Waals surface area contributed by atoms with Gasteiger partial charge in [0.2, 0.25) is 5.91 Å². The Labute approximate surface area is 108 Å². The van der Waals surface area contributed by atoms with E-state index in [1.165, 1.54) is 12.8 Å². The molecule has 1 saturated carbocycles. The first kappa shape index (κ1) is 12.8. The summed E-state index contributed by atoms with van der Waals surface area (Å²) in [6.45, 7) is 2.28. The molecule has 0 atom stereocenters. The van der Waals surface area contributed by atoms with Crippen molar-refractivity contribution in [3.8, 4) is 0 Å². The lowest BCUT2D eigenvalue weighted by atomic mass is 9.87. The van der Waals surface area contributed by atoms with Crippen molar-refractivity contribution < 1.29 is 4.79 Å². The third-order valence-corrected chi connectivity index (χ3v) is 3.50. The Hall–Kier alpha value is -1.64. The minimum atomic E-state index is 0.00589. The van der Waals surface area contributed by atoms with Gasteiger partial charge in [0.25, 0.3) is 0 Å². The normalized spacial score (nSPS) is 24.1. The maximum absolute atomic E-state index is 11.8. The largest absolute Gasteiger partial charge is 0.350 e. The smallest absolute Gasteiger partial charge is 0.244 e. The van der Waals surface area contributed by atoms with Gasteiger partial charge in [-0.3, -0.25) is 9.78 Å². The molecule has 0 unspecified atom stereocenters. The summed E-state index contributed by atoms with van der Waals surface area (Å²) in [5, 5.41) is 3.07. The Bertz CT molecular complexity index is 406. The zero-order valence-corrected chi connectivity index (χ0v) is 10.8. The summed E-state index contributed by atoms with van der Waals surface area (Å²) in [7, 11) is 0. The van der Waals surface area contributed by atoms with E-state index in [0.29, 0.717) is 6.04 Å². The fraction of sp³-hybridized carbons (Fsp3) is 0.467. The summed E-state index contributed by atoms with van der Waals surface area (Å²) in [6, 6.07) is 4.12. The first-order valence-corrected chi connectivity index (χ1v) is 6.62. The molecule has 1 amide bonds. The van der Waals surface area contributed by atoms with E-state index < -0.39 is 0 Å². The molecule has 96 valence electrons. The SMILES string of the molecule is CC1CCC(NC(=O)/C=C/c2ccncc2)CC1. The topological polar surface area (TPSA) is 42.0 Å². The molecule has 0 bridgehead atoms. The molecule has 2 rings (SSSR count). The van der Waals surface area contributed by atoms with Crippen LogP contribution in [-0.2, 0) is 4.79 Å². The van der Waals surface area contributed by atoms with E-state index in [1.807, 2.05) is 18.2 Å². The second-order valence-corrected chi connectivity index (χ2v) is 5.08. The van der Waals surface area contributed by atoms with Crippen molar-refractivity contribution in [1.29, 1.82) is 0 Å². The van der Waals surface area contributed by atoms with Crippen LogP contribution in [0.2, 0.25) is 0 Å². The van der Waals surface area contributed by atoms with E-state index in [4.69, 9.17) is 0 Å². The minimum Gasteiger partial charge on any atom is -0.350 e. The van der Waals surface area contributed by atoms with Gasteiger partial charge in [0.15, 0.2) is 0 Å². The third-order valence-electron chi connectivity index (χ3n) is 3.50. The predicted octanol–water partition coefficient (Wildman–Crippen LogP) is 2.79. The first-order valence-electron chi connectivity index (χ1n) is 6.62. The molecule has 1 heterocycles.